The van der Waals surface area contributed by atoms with Crippen LogP contribution in [-0.2, 0) is 12.8 Å². The van der Waals surface area contributed by atoms with Gasteiger partial charge in [0.1, 0.15) is 0 Å². The first-order chi connectivity index (χ1) is 14.1. The van der Waals surface area contributed by atoms with Gasteiger partial charge in [-0.15, -0.1) is 0 Å². The van der Waals surface area contributed by atoms with Crippen LogP contribution in [0, 0.1) is 0 Å². The Kier molecular flexibility index (Phi) is 5.58. The maximum Gasteiger partial charge on any atom is 0.161 e. The maximum absolute atomic E-state index is 5.56. The number of aromatic nitrogens is 1. The first-order valence-corrected chi connectivity index (χ1v) is 10.2. The maximum atomic E-state index is 5.56. The van der Waals surface area contributed by atoms with Crippen molar-refractivity contribution in [2.75, 3.05) is 46.7 Å². The Bertz CT molecular complexity index is 1030. The van der Waals surface area contributed by atoms with Crippen LogP contribution in [0.15, 0.2) is 36.4 Å². The van der Waals surface area contributed by atoms with E-state index in [9.17, 15) is 0 Å². The second kappa shape index (κ2) is 8.29. The van der Waals surface area contributed by atoms with Crippen LogP contribution in [-0.4, -0.2) is 51.3 Å². The summed E-state index contributed by atoms with van der Waals surface area (Å²) in [5.41, 5.74) is 7.01. The molecule has 1 aromatic heterocycles. The molecule has 152 valence electrons. The predicted octanol–water partition coefficient (Wildman–Crippen LogP) is 4.38. The molecule has 1 aliphatic carbocycles. The molecule has 1 aliphatic rings. The summed E-state index contributed by atoms with van der Waals surface area (Å²) >= 11 is 0. The van der Waals surface area contributed by atoms with Crippen LogP contribution in [0.25, 0.3) is 22.2 Å². The van der Waals surface area contributed by atoms with Crippen LogP contribution in [0.5, 0.6) is 11.5 Å². The van der Waals surface area contributed by atoms with Crippen LogP contribution in [0.1, 0.15) is 17.5 Å². The standard InChI is InChI=1S/C24H29N3O2/c1-27(2)13-7-12-25-23-17-8-5-6-9-20(17)26-24-18(23)11-10-16-14-21(28-3)22(29-4)15-19(16)24/h5-6,8-9,14-15H,7,10-13H2,1-4H3,(H,25,26). The second-order valence-electron chi connectivity index (χ2n) is 7.78. The van der Waals surface area contributed by atoms with Crippen molar-refractivity contribution >= 4 is 16.6 Å². The molecule has 0 unspecified atom stereocenters. The summed E-state index contributed by atoms with van der Waals surface area (Å²) in [6.45, 7) is 2.01. The number of methoxy groups -OCH3 is 2. The van der Waals surface area contributed by atoms with E-state index in [0.717, 1.165) is 60.6 Å². The van der Waals surface area contributed by atoms with Crippen molar-refractivity contribution in [2.24, 2.45) is 0 Å². The van der Waals surface area contributed by atoms with Gasteiger partial charge in [0, 0.05) is 28.7 Å². The average molecular weight is 392 g/mol. The van der Waals surface area contributed by atoms with Crippen LogP contribution in [0.4, 0.5) is 5.69 Å². The molecule has 2 aromatic carbocycles. The number of hydrogen-bond acceptors (Lipinski definition) is 5. The van der Waals surface area contributed by atoms with Crippen molar-refractivity contribution in [1.82, 2.24) is 9.88 Å². The number of para-hydroxylation sites is 1. The molecular weight excluding hydrogens is 362 g/mol. The number of fused-ring (bicyclic) bond motifs is 4. The third-order valence-corrected chi connectivity index (χ3v) is 5.59. The Labute approximate surface area is 172 Å². The summed E-state index contributed by atoms with van der Waals surface area (Å²) in [5, 5.41) is 4.92. The molecule has 5 heteroatoms. The van der Waals surface area contributed by atoms with Crippen molar-refractivity contribution in [3.63, 3.8) is 0 Å². The van der Waals surface area contributed by atoms with E-state index in [-0.39, 0.29) is 0 Å². The Balaban J connectivity index is 1.82. The van der Waals surface area contributed by atoms with Crippen molar-refractivity contribution in [2.45, 2.75) is 19.3 Å². The predicted molar refractivity (Wildman–Crippen MR) is 119 cm³/mol. The summed E-state index contributed by atoms with van der Waals surface area (Å²) in [7, 11) is 7.59. The van der Waals surface area contributed by atoms with E-state index in [0.29, 0.717) is 0 Å². The molecule has 1 heterocycles. The molecule has 0 spiro atoms. The van der Waals surface area contributed by atoms with E-state index >= 15 is 0 Å². The first kappa shape index (κ1) is 19.5. The van der Waals surface area contributed by atoms with E-state index < -0.39 is 0 Å². The molecule has 5 nitrogen and oxygen atoms in total. The largest absolute Gasteiger partial charge is 0.493 e. The summed E-state index contributed by atoms with van der Waals surface area (Å²) < 4.78 is 11.1. The molecule has 0 atom stereocenters. The van der Waals surface area contributed by atoms with E-state index in [4.69, 9.17) is 14.5 Å². The van der Waals surface area contributed by atoms with Gasteiger partial charge < -0.3 is 19.7 Å². The number of anilines is 1. The fourth-order valence-corrected chi connectivity index (χ4v) is 4.14. The Hall–Kier alpha value is -2.79. The Morgan fingerprint density at radius 2 is 1.79 bits per heavy atom. The zero-order chi connectivity index (χ0) is 20.4. The van der Waals surface area contributed by atoms with Crippen molar-refractivity contribution in [3.8, 4) is 22.8 Å². The fourth-order valence-electron chi connectivity index (χ4n) is 4.14. The molecule has 4 rings (SSSR count). The minimum atomic E-state index is 0.745. The van der Waals surface area contributed by atoms with Gasteiger partial charge in [-0.2, -0.15) is 0 Å². The highest BCUT2D eigenvalue weighted by Crippen LogP contribution is 2.43. The highest BCUT2D eigenvalue weighted by Gasteiger charge is 2.24. The number of hydrogen-bond donors (Lipinski definition) is 1. The Morgan fingerprint density at radius 1 is 1.03 bits per heavy atom. The minimum absolute atomic E-state index is 0.745. The van der Waals surface area contributed by atoms with Gasteiger partial charge in [0.25, 0.3) is 0 Å². The summed E-state index contributed by atoms with van der Waals surface area (Å²) in [5.74, 6) is 1.52. The molecule has 1 N–H and O–H groups in total. The minimum Gasteiger partial charge on any atom is -0.493 e. The summed E-state index contributed by atoms with van der Waals surface area (Å²) in [6.07, 6.45) is 3.03. The first-order valence-electron chi connectivity index (χ1n) is 10.2. The van der Waals surface area contributed by atoms with Gasteiger partial charge >= 0.3 is 0 Å². The van der Waals surface area contributed by atoms with E-state index in [1.54, 1.807) is 14.2 Å². The van der Waals surface area contributed by atoms with Gasteiger partial charge in [0.15, 0.2) is 11.5 Å². The molecule has 0 amide bonds. The summed E-state index contributed by atoms with van der Waals surface area (Å²) in [6, 6.07) is 12.6. The Morgan fingerprint density at radius 3 is 2.55 bits per heavy atom. The highest BCUT2D eigenvalue weighted by molar-refractivity contribution is 5.97. The van der Waals surface area contributed by atoms with E-state index in [1.165, 1.54) is 22.2 Å². The van der Waals surface area contributed by atoms with Gasteiger partial charge in [-0.05, 0) is 63.7 Å². The van der Waals surface area contributed by atoms with Crippen molar-refractivity contribution < 1.29 is 9.47 Å². The molecule has 3 aromatic rings. The van der Waals surface area contributed by atoms with E-state index in [1.807, 2.05) is 0 Å². The lowest BCUT2D eigenvalue weighted by Gasteiger charge is -2.25. The molecule has 0 radical (unpaired) electrons. The number of nitrogens with zero attached hydrogens (tertiary/aromatic N) is 2. The fraction of sp³-hybridized carbons (Fsp3) is 0.375. The van der Waals surface area contributed by atoms with Crippen LogP contribution in [0.2, 0.25) is 0 Å². The molecule has 0 bridgehead atoms. The monoisotopic (exact) mass is 391 g/mol. The third-order valence-electron chi connectivity index (χ3n) is 5.59. The number of aryl methyl sites for hydroxylation is 1. The van der Waals surface area contributed by atoms with Gasteiger partial charge in [0.05, 0.1) is 25.4 Å². The lowest BCUT2D eigenvalue weighted by Crippen LogP contribution is -2.17. The molecule has 0 saturated heterocycles. The SMILES string of the molecule is COc1cc2c(cc1OC)-c1nc3ccccc3c(NCCCN(C)C)c1CC2. The summed E-state index contributed by atoms with van der Waals surface area (Å²) in [4.78, 5) is 7.28. The van der Waals surface area contributed by atoms with Crippen LogP contribution < -0.4 is 14.8 Å². The van der Waals surface area contributed by atoms with Gasteiger partial charge in [-0.3, -0.25) is 0 Å². The number of pyridine rings is 1. The number of nitrogens with one attached hydrogen (secondary N) is 1. The zero-order valence-corrected chi connectivity index (χ0v) is 17.7. The molecular formula is C24H29N3O2. The molecule has 0 fully saturated rings. The highest BCUT2D eigenvalue weighted by atomic mass is 16.5. The zero-order valence-electron chi connectivity index (χ0n) is 17.7. The lowest BCUT2D eigenvalue weighted by molar-refractivity contribution is 0.354. The van der Waals surface area contributed by atoms with Crippen molar-refractivity contribution in [1.29, 1.82) is 0 Å². The van der Waals surface area contributed by atoms with Crippen molar-refractivity contribution in [3.05, 3.63) is 47.5 Å². The van der Waals surface area contributed by atoms with E-state index in [2.05, 4.69) is 60.7 Å². The number of benzene rings is 2. The van der Waals surface area contributed by atoms with Crippen LogP contribution >= 0.6 is 0 Å². The van der Waals surface area contributed by atoms with Gasteiger partial charge in [-0.1, -0.05) is 18.2 Å². The molecule has 29 heavy (non-hydrogen) atoms. The smallest absolute Gasteiger partial charge is 0.161 e. The molecule has 0 aliphatic heterocycles. The average Bonchev–Trinajstić information content (AvgIpc) is 2.74. The van der Waals surface area contributed by atoms with Crippen LogP contribution in [0.3, 0.4) is 0 Å². The lowest BCUT2D eigenvalue weighted by atomic mass is 9.86. The quantitative estimate of drug-likeness (QED) is 0.606. The normalized spacial score (nSPS) is 12.6. The number of ether oxygens (including phenoxy) is 2. The van der Waals surface area contributed by atoms with Gasteiger partial charge in [0.2, 0.25) is 0 Å². The second-order valence-corrected chi connectivity index (χ2v) is 7.78. The van der Waals surface area contributed by atoms with Gasteiger partial charge in [-0.25, -0.2) is 4.98 Å². The topological polar surface area (TPSA) is 46.6 Å². The number of rotatable bonds is 7. The third kappa shape index (κ3) is 3.75. The molecule has 0 saturated carbocycles.